The zero-order valence-corrected chi connectivity index (χ0v) is 33.9. The molecule has 6 amide bonds. The zero-order valence-electron chi connectivity index (χ0n) is 33.9. The minimum Gasteiger partial charge on any atom is -0.391 e. The lowest BCUT2D eigenvalue weighted by Crippen LogP contribution is -2.63. The largest absolute Gasteiger partial charge is 0.391 e. The van der Waals surface area contributed by atoms with E-state index in [1.807, 2.05) is 78.9 Å². The van der Waals surface area contributed by atoms with Crippen molar-refractivity contribution in [3.63, 3.8) is 0 Å². The Morgan fingerprint density at radius 1 is 0.557 bits per heavy atom. The molecule has 316 valence electrons. The van der Waals surface area contributed by atoms with Crippen molar-refractivity contribution >= 4 is 46.3 Å². The molecule has 14 nitrogen and oxygen atoms in total. The van der Waals surface area contributed by atoms with Crippen LogP contribution in [0.4, 0.5) is 0 Å². The molecule has 1 aromatic heterocycles. The average Bonchev–Trinajstić information content (AvgIpc) is 3.93. The predicted octanol–water partition coefficient (Wildman–Crippen LogP) is 2.25. The third-order valence-electron chi connectivity index (χ3n) is 11.4. The highest BCUT2D eigenvalue weighted by Gasteiger charge is 2.41. The smallest absolute Gasteiger partial charge is 0.246 e. The van der Waals surface area contributed by atoms with Crippen LogP contribution in [0.15, 0.2) is 121 Å². The van der Waals surface area contributed by atoms with E-state index in [2.05, 4.69) is 31.6 Å². The van der Waals surface area contributed by atoms with Crippen LogP contribution in [-0.4, -0.2) is 99.3 Å². The number of amides is 6. The Balaban J connectivity index is 1.29. The Morgan fingerprint density at radius 2 is 1.02 bits per heavy atom. The molecule has 3 heterocycles. The number of carbonyl (C=O) groups is 6. The Labute approximate surface area is 353 Å². The van der Waals surface area contributed by atoms with Gasteiger partial charge in [0.15, 0.2) is 0 Å². The number of fused-ring (bicyclic) bond motifs is 2. The molecule has 0 aliphatic carbocycles. The molecule has 7 atom stereocenters. The Hall–Kier alpha value is -6.80. The molecule has 4 aromatic carbocycles. The molecule has 0 bridgehead atoms. The third-order valence-corrected chi connectivity index (χ3v) is 11.4. The molecule has 7 rings (SSSR count). The molecule has 2 fully saturated rings. The highest BCUT2D eigenvalue weighted by molar-refractivity contribution is 5.99. The normalized spacial score (nSPS) is 23.7. The third kappa shape index (κ3) is 10.5. The maximum atomic E-state index is 14.6. The summed E-state index contributed by atoms with van der Waals surface area (Å²) in [6, 6.07) is 27.3. The van der Waals surface area contributed by atoms with Crippen molar-refractivity contribution in [3.05, 3.63) is 144 Å². The van der Waals surface area contributed by atoms with Crippen molar-refractivity contribution < 1.29 is 33.9 Å². The topological polar surface area (TPSA) is 202 Å². The van der Waals surface area contributed by atoms with Crippen LogP contribution in [0.3, 0.4) is 0 Å². The van der Waals surface area contributed by atoms with Crippen LogP contribution in [-0.2, 0) is 54.5 Å². The SMILES string of the molecule is C[C@@H](O)[C@@H]1NC(=O)[C@H](Cc2ccccc2)NC(=O)[C@@H](Cc2c[nH]c3ccccc23)NC(=O)[C@@H](Cc2ccccc2)NC(=O)[C@@H]2CCCN2C(=O)[C@H](Cc2ccccc2)NC1=O. The van der Waals surface area contributed by atoms with Crippen LogP contribution in [0.5, 0.6) is 0 Å². The van der Waals surface area contributed by atoms with Gasteiger partial charge in [0.05, 0.1) is 6.10 Å². The maximum Gasteiger partial charge on any atom is 0.246 e. The first kappa shape index (κ1) is 42.3. The second-order valence-electron chi connectivity index (χ2n) is 15.8. The molecule has 2 aliphatic rings. The van der Waals surface area contributed by atoms with Crippen LogP contribution in [0.25, 0.3) is 10.9 Å². The number of nitrogens with zero attached hydrogens (tertiary/aromatic N) is 1. The fourth-order valence-corrected chi connectivity index (χ4v) is 8.13. The lowest BCUT2D eigenvalue weighted by molar-refractivity contribution is -0.143. The second kappa shape index (κ2) is 19.5. The van der Waals surface area contributed by atoms with Gasteiger partial charge in [-0.1, -0.05) is 109 Å². The monoisotopic (exact) mass is 825 g/mol. The number of rotatable bonds is 9. The van der Waals surface area contributed by atoms with Crippen molar-refractivity contribution in [3.8, 4) is 0 Å². The van der Waals surface area contributed by atoms with Gasteiger partial charge in [0.1, 0.15) is 36.3 Å². The summed E-state index contributed by atoms with van der Waals surface area (Å²) in [6.07, 6.45) is 1.29. The van der Waals surface area contributed by atoms with Crippen molar-refractivity contribution in [2.75, 3.05) is 6.54 Å². The standard InChI is InChI=1S/C47H51N7O7/c1-29(55)41-46(60)52-39(26-32-18-9-4-10-19-32)47(61)54-23-13-22-40(54)45(59)51-36(24-30-14-5-2-6-15-30)42(56)50-38(27-33-28-48-35-21-12-11-20-34(33)35)43(57)49-37(44(58)53-41)25-31-16-7-3-8-17-31/h2-12,14-21,28-29,36-41,48,55H,13,22-27H2,1H3,(H,49,57)(H,50,56)(H,51,59)(H,52,60)(H,53,58)/t29-,36-,37+,38-,39+,40+,41+/m1/s1. The number of para-hydroxylation sites is 1. The first-order chi connectivity index (χ1) is 29.5. The fourth-order valence-electron chi connectivity index (χ4n) is 8.13. The summed E-state index contributed by atoms with van der Waals surface area (Å²) in [6.45, 7) is 1.56. The van der Waals surface area contributed by atoms with E-state index in [1.54, 1.807) is 42.6 Å². The molecule has 7 N–H and O–H groups in total. The fraction of sp³-hybridized carbons (Fsp3) is 0.319. The van der Waals surface area contributed by atoms with Gasteiger partial charge in [0.25, 0.3) is 0 Å². The number of H-pyrrole nitrogens is 1. The van der Waals surface area contributed by atoms with E-state index in [4.69, 9.17) is 0 Å². The molecule has 0 unspecified atom stereocenters. The Bertz CT molecular complexity index is 2340. The summed E-state index contributed by atoms with van der Waals surface area (Å²) in [7, 11) is 0. The average molecular weight is 826 g/mol. The number of hydrogen-bond acceptors (Lipinski definition) is 7. The lowest BCUT2D eigenvalue weighted by Gasteiger charge is -2.32. The molecule has 0 saturated carbocycles. The molecule has 61 heavy (non-hydrogen) atoms. The summed E-state index contributed by atoms with van der Waals surface area (Å²) in [5.41, 5.74) is 3.72. The van der Waals surface area contributed by atoms with Gasteiger partial charge in [0, 0.05) is 49.3 Å². The van der Waals surface area contributed by atoms with E-state index in [1.165, 1.54) is 11.8 Å². The number of aliphatic hydroxyl groups excluding tert-OH is 1. The predicted molar refractivity (Wildman–Crippen MR) is 229 cm³/mol. The minimum atomic E-state index is -1.54. The molecule has 5 aromatic rings. The first-order valence-corrected chi connectivity index (χ1v) is 20.7. The number of aliphatic hydroxyl groups is 1. The summed E-state index contributed by atoms with van der Waals surface area (Å²) in [5.74, 6) is -3.99. The molecule has 2 saturated heterocycles. The van der Waals surface area contributed by atoms with Gasteiger partial charge < -0.3 is 41.6 Å². The van der Waals surface area contributed by atoms with Crippen LogP contribution in [0, 0.1) is 0 Å². The lowest BCUT2D eigenvalue weighted by atomic mass is 9.99. The van der Waals surface area contributed by atoms with E-state index in [-0.39, 0.29) is 32.2 Å². The summed E-state index contributed by atoms with van der Waals surface area (Å²) >= 11 is 0. The quantitative estimate of drug-likeness (QED) is 0.118. The van der Waals surface area contributed by atoms with Crippen LogP contribution in [0.1, 0.15) is 42.0 Å². The summed E-state index contributed by atoms with van der Waals surface area (Å²) < 4.78 is 0. The number of aromatic nitrogens is 1. The number of benzene rings is 4. The maximum absolute atomic E-state index is 14.6. The number of aromatic amines is 1. The summed E-state index contributed by atoms with van der Waals surface area (Å²) in [5, 5.41) is 25.9. The van der Waals surface area contributed by atoms with Crippen LogP contribution in [0.2, 0.25) is 0 Å². The zero-order chi connectivity index (χ0) is 42.9. The second-order valence-corrected chi connectivity index (χ2v) is 15.8. The van der Waals surface area contributed by atoms with Crippen LogP contribution >= 0.6 is 0 Å². The first-order valence-electron chi connectivity index (χ1n) is 20.7. The van der Waals surface area contributed by atoms with Gasteiger partial charge in [-0.05, 0) is 48.1 Å². The van der Waals surface area contributed by atoms with Crippen molar-refractivity contribution in [2.45, 2.75) is 87.8 Å². The van der Waals surface area contributed by atoms with Crippen molar-refractivity contribution in [1.82, 2.24) is 36.5 Å². The number of nitrogens with one attached hydrogen (secondary N) is 6. The molecular weight excluding hydrogens is 775 g/mol. The highest BCUT2D eigenvalue weighted by Crippen LogP contribution is 2.22. The Morgan fingerprint density at radius 3 is 1.57 bits per heavy atom. The van der Waals surface area contributed by atoms with Crippen molar-refractivity contribution in [1.29, 1.82) is 0 Å². The van der Waals surface area contributed by atoms with E-state index >= 15 is 0 Å². The number of carbonyl (C=O) groups excluding carboxylic acids is 6. The molecular formula is C47H51N7O7. The van der Waals surface area contributed by atoms with Crippen molar-refractivity contribution in [2.24, 2.45) is 0 Å². The van der Waals surface area contributed by atoms with E-state index < -0.39 is 77.8 Å². The molecule has 2 aliphatic heterocycles. The van der Waals surface area contributed by atoms with Gasteiger partial charge in [0.2, 0.25) is 35.4 Å². The Kier molecular flexibility index (Phi) is 13.5. The van der Waals surface area contributed by atoms with Gasteiger partial charge in [-0.2, -0.15) is 0 Å². The van der Waals surface area contributed by atoms with Crippen LogP contribution < -0.4 is 26.6 Å². The van der Waals surface area contributed by atoms with Gasteiger partial charge in [-0.25, -0.2) is 0 Å². The van der Waals surface area contributed by atoms with E-state index in [9.17, 15) is 33.9 Å². The number of hydrogen-bond donors (Lipinski definition) is 7. The summed E-state index contributed by atoms with van der Waals surface area (Å²) in [4.78, 5) is 91.1. The van der Waals surface area contributed by atoms with E-state index in [0.717, 1.165) is 27.6 Å². The molecule has 0 radical (unpaired) electrons. The van der Waals surface area contributed by atoms with Gasteiger partial charge in [-0.15, -0.1) is 0 Å². The molecule has 14 heteroatoms. The van der Waals surface area contributed by atoms with Gasteiger partial charge >= 0.3 is 0 Å². The minimum absolute atomic E-state index is 0.00152. The van der Waals surface area contributed by atoms with E-state index in [0.29, 0.717) is 18.4 Å². The van der Waals surface area contributed by atoms with Gasteiger partial charge in [-0.3, -0.25) is 28.8 Å². The molecule has 0 spiro atoms. The highest BCUT2D eigenvalue weighted by atomic mass is 16.3.